The molecule has 0 bridgehead atoms. The molecule has 0 aliphatic heterocycles. The van der Waals surface area contributed by atoms with Gasteiger partial charge >= 0.3 is 0 Å². The van der Waals surface area contributed by atoms with E-state index in [9.17, 15) is 0 Å². The van der Waals surface area contributed by atoms with Gasteiger partial charge in [-0.1, -0.05) is 20.8 Å². The van der Waals surface area contributed by atoms with Crippen LogP contribution in [0.15, 0.2) is 0 Å². The first-order chi connectivity index (χ1) is 6.00. The summed E-state index contributed by atoms with van der Waals surface area (Å²) in [5.41, 5.74) is 0.106. The Morgan fingerprint density at radius 2 is 1.85 bits per heavy atom. The fourth-order valence-electron chi connectivity index (χ4n) is 1.69. The van der Waals surface area contributed by atoms with E-state index in [0.717, 1.165) is 5.82 Å². The van der Waals surface area contributed by atoms with Crippen molar-refractivity contribution in [2.75, 3.05) is 0 Å². The summed E-state index contributed by atoms with van der Waals surface area (Å²) in [7, 11) is 2.08. The van der Waals surface area contributed by atoms with Gasteiger partial charge in [0.05, 0.1) is 0 Å². The van der Waals surface area contributed by atoms with Crippen molar-refractivity contribution in [3.63, 3.8) is 0 Å². The highest BCUT2D eigenvalue weighted by atomic mass is 15.3. The SMILES string of the molecule is Cn1c(C2CC2)nnc1C(C)(C)C. The Labute approximate surface area is 79.2 Å². The molecule has 3 heteroatoms. The summed E-state index contributed by atoms with van der Waals surface area (Å²) in [4.78, 5) is 0. The zero-order valence-corrected chi connectivity index (χ0v) is 8.83. The van der Waals surface area contributed by atoms with Crippen LogP contribution in [0.5, 0.6) is 0 Å². The van der Waals surface area contributed by atoms with Gasteiger partial charge in [0.1, 0.15) is 11.6 Å². The lowest BCUT2D eigenvalue weighted by molar-refractivity contribution is 0.517. The lowest BCUT2D eigenvalue weighted by Crippen LogP contribution is -2.18. The monoisotopic (exact) mass is 179 g/mol. The Bertz CT molecular complexity index is 315. The van der Waals surface area contributed by atoms with Crippen molar-refractivity contribution in [2.24, 2.45) is 7.05 Å². The van der Waals surface area contributed by atoms with Crippen LogP contribution >= 0.6 is 0 Å². The molecular weight excluding hydrogens is 162 g/mol. The van der Waals surface area contributed by atoms with Gasteiger partial charge in [-0.25, -0.2) is 0 Å². The Hall–Kier alpha value is -0.860. The molecule has 1 fully saturated rings. The molecule has 72 valence electrons. The van der Waals surface area contributed by atoms with Gasteiger partial charge < -0.3 is 4.57 Å². The van der Waals surface area contributed by atoms with Gasteiger partial charge in [0.15, 0.2) is 0 Å². The summed E-state index contributed by atoms with van der Waals surface area (Å²) in [6, 6.07) is 0. The van der Waals surface area contributed by atoms with Gasteiger partial charge in [0.25, 0.3) is 0 Å². The minimum atomic E-state index is 0.106. The van der Waals surface area contributed by atoms with Crippen molar-refractivity contribution in [1.29, 1.82) is 0 Å². The zero-order chi connectivity index (χ0) is 9.64. The van der Waals surface area contributed by atoms with Crippen LogP contribution in [0, 0.1) is 0 Å². The topological polar surface area (TPSA) is 30.7 Å². The van der Waals surface area contributed by atoms with E-state index in [4.69, 9.17) is 0 Å². The van der Waals surface area contributed by atoms with Crippen molar-refractivity contribution in [2.45, 2.75) is 44.9 Å². The van der Waals surface area contributed by atoms with E-state index in [1.54, 1.807) is 0 Å². The summed E-state index contributed by atoms with van der Waals surface area (Å²) in [6.07, 6.45) is 2.58. The predicted octanol–water partition coefficient (Wildman–Crippen LogP) is 1.99. The van der Waals surface area contributed by atoms with E-state index in [1.165, 1.54) is 18.7 Å². The molecule has 1 aromatic heterocycles. The highest BCUT2D eigenvalue weighted by Crippen LogP contribution is 2.39. The molecule has 1 heterocycles. The maximum Gasteiger partial charge on any atom is 0.138 e. The minimum Gasteiger partial charge on any atom is -0.317 e. The van der Waals surface area contributed by atoms with Gasteiger partial charge in [-0.15, -0.1) is 10.2 Å². The summed E-state index contributed by atoms with van der Waals surface area (Å²) >= 11 is 0. The van der Waals surface area contributed by atoms with Crippen LogP contribution in [-0.4, -0.2) is 14.8 Å². The second-order valence-corrected chi connectivity index (χ2v) is 4.97. The van der Waals surface area contributed by atoms with Gasteiger partial charge in [-0.05, 0) is 12.8 Å². The van der Waals surface area contributed by atoms with Crippen LogP contribution in [0.4, 0.5) is 0 Å². The Morgan fingerprint density at radius 3 is 2.23 bits per heavy atom. The number of aromatic nitrogens is 3. The maximum atomic E-state index is 4.26. The molecule has 0 unspecified atom stereocenters. The maximum absolute atomic E-state index is 4.26. The molecular formula is C10H17N3. The molecule has 1 aliphatic rings. The van der Waals surface area contributed by atoms with Crippen LogP contribution in [0.3, 0.4) is 0 Å². The predicted molar refractivity (Wildman–Crippen MR) is 51.7 cm³/mol. The van der Waals surface area contributed by atoms with E-state index in [-0.39, 0.29) is 5.41 Å². The van der Waals surface area contributed by atoms with Gasteiger partial charge in [-0.2, -0.15) is 0 Å². The zero-order valence-electron chi connectivity index (χ0n) is 8.83. The molecule has 3 nitrogen and oxygen atoms in total. The highest BCUT2D eigenvalue weighted by Gasteiger charge is 2.31. The van der Waals surface area contributed by atoms with Crippen molar-refractivity contribution in [3.05, 3.63) is 11.6 Å². The fourth-order valence-corrected chi connectivity index (χ4v) is 1.69. The molecule has 1 saturated carbocycles. The first kappa shape index (κ1) is 8.73. The fraction of sp³-hybridized carbons (Fsp3) is 0.800. The minimum absolute atomic E-state index is 0.106. The van der Waals surface area contributed by atoms with Crippen LogP contribution in [0.1, 0.15) is 51.2 Å². The molecule has 13 heavy (non-hydrogen) atoms. The van der Waals surface area contributed by atoms with Crippen LogP contribution in [0.25, 0.3) is 0 Å². The third-order valence-corrected chi connectivity index (χ3v) is 2.52. The summed E-state index contributed by atoms with van der Waals surface area (Å²) in [5, 5.41) is 8.52. The highest BCUT2D eigenvalue weighted by molar-refractivity contribution is 5.12. The van der Waals surface area contributed by atoms with Crippen LogP contribution in [-0.2, 0) is 12.5 Å². The molecule has 0 radical (unpaired) electrons. The van der Waals surface area contributed by atoms with Crippen molar-refractivity contribution < 1.29 is 0 Å². The molecule has 0 saturated heterocycles. The average molecular weight is 179 g/mol. The second kappa shape index (κ2) is 2.56. The van der Waals surface area contributed by atoms with Crippen LogP contribution < -0.4 is 0 Å². The number of nitrogens with zero attached hydrogens (tertiary/aromatic N) is 3. The molecule has 0 amide bonds. The largest absolute Gasteiger partial charge is 0.317 e. The Balaban J connectivity index is 2.38. The summed E-state index contributed by atoms with van der Waals surface area (Å²) in [5.74, 6) is 2.95. The van der Waals surface area contributed by atoms with E-state index in [2.05, 4.69) is 42.6 Å². The number of hydrogen-bond acceptors (Lipinski definition) is 2. The van der Waals surface area contributed by atoms with Crippen LogP contribution in [0.2, 0.25) is 0 Å². The van der Waals surface area contributed by atoms with E-state index in [0.29, 0.717) is 5.92 Å². The summed E-state index contributed by atoms with van der Waals surface area (Å²) in [6.45, 7) is 6.52. The van der Waals surface area contributed by atoms with E-state index in [1.807, 2.05) is 0 Å². The third kappa shape index (κ3) is 1.47. The average Bonchev–Trinajstić information content (AvgIpc) is 2.73. The lowest BCUT2D eigenvalue weighted by Gasteiger charge is -2.16. The normalized spacial score (nSPS) is 17.8. The Kier molecular flexibility index (Phi) is 1.72. The molecule has 0 spiro atoms. The second-order valence-electron chi connectivity index (χ2n) is 4.97. The van der Waals surface area contributed by atoms with E-state index >= 15 is 0 Å². The molecule has 0 N–H and O–H groups in total. The standard InChI is InChI=1S/C10H17N3/c1-10(2,3)9-12-11-8(13(9)4)7-5-6-7/h7H,5-6H2,1-4H3. The molecule has 0 aromatic carbocycles. The van der Waals surface area contributed by atoms with Crippen molar-refractivity contribution >= 4 is 0 Å². The molecule has 1 aliphatic carbocycles. The van der Waals surface area contributed by atoms with Crippen molar-refractivity contribution in [3.8, 4) is 0 Å². The molecule has 2 rings (SSSR count). The first-order valence-corrected chi connectivity index (χ1v) is 4.90. The number of rotatable bonds is 1. The quantitative estimate of drug-likeness (QED) is 0.660. The first-order valence-electron chi connectivity index (χ1n) is 4.90. The van der Waals surface area contributed by atoms with Gasteiger partial charge in [-0.3, -0.25) is 0 Å². The Morgan fingerprint density at radius 1 is 1.23 bits per heavy atom. The smallest absolute Gasteiger partial charge is 0.138 e. The van der Waals surface area contributed by atoms with E-state index < -0.39 is 0 Å². The van der Waals surface area contributed by atoms with Gasteiger partial charge in [0, 0.05) is 18.4 Å². The molecule has 1 aromatic rings. The molecule has 0 atom stereocenters. The lowest BCUT2D eigenvalue weighted by atomic mass is 9.96. The van der Waals surface area contributed by atoms with Gasteiger partial charge in [0.2, 0.25) is 0 Å². The summed E-state index contributed by atoms with van der Waals surface area (Å²) < 4.78 is 2.16. The van der Waals surface area contributed by atoms with Crippen molar-refractivity contribution in [1.82, 2.24) is 14.8 Å². The number of hydrogen-bond donors (Lipinski definition) is 0. The third-order valence-electron chi connectivity index (χ3n) is 2.52.